The molecule has 0 unspecified atom stereocenters. The number of nitrogens with one attached hydrogen (secondary N) is 2. The molecule has 0 aliphatic rings. The van der Waals surface area contributed by atoms with E-state index in [2.05, 4.69) is 15.5 Å². The number of benzene rings is 2. The largest absolute Gasteiger partial charge is 0.389 e. The molecule has 0 spiro atoms. The van der Waals surface area contributed by atoms with Crippen molar-refractivity contribution < 1.29 is 45.4 Å². The number of nitrogens with two attached hydrogens (primary N) is 1. The first kappa shape index (κ1) is 51.2. The fourth-order valence-electron chi connectivity index (χ4n) is 5.63. The third-order valence-corrected chi connectivity index (χ3v) is 10.3. The Morgan fingerprint density at radius 3 is 1.47 bits per heavy atom. The zero-order valence-corrected chi connectivity index (χ0v) is 37.7. The van der Waals surface area contributed by atoms with E-state index in [4.69, 9.17) is 15.1 Å². The summed E-state index contributed by atoms with van der Waals surface area (Å²) in [4.78, 5) is 12.5. The van der Waals surface area contributed by atoms with Crippen LogP contribution in [-0.4, -0.2) is 63.8 Å². The average molecular weight is 881 g/mol. The van der Waals surface area contributed by atoms with Crippen molar-refractivity contribution in [3.8, 4) is 12.0 Å². The number of sulfonamides is 2. The molecule has 0 aliphatic carbocycles. The first-order valence-electron chi connectivity index (χ1n) is 19.0. The molecule has 60 heavy (non-hydrogen) atoms. The van der Waals surface area contributed by atoms with Crippen LogP contribution in [0.1, 0.15) is 129 Å². The van der Waals surface area contributed by atoms with Crippen molar-refractivity contribution in [2.45, 2.75) is 141 Å². The van der Waals surface area contributed by atoms with E-state index in [-0.39, 0.29) is 52.6 Å². The highest BCUT2D eigenvalue weighted by molar-refractivity contribution is 7.90. The van der Waals surface area contributed by atoms with Crippen molar-refractivity contribution in [3.63, 3.8) is 0 Å². The predicted octanol–water partition coefficient (Wildman–Crippen LogP) is 6.78. The normalized spacial score (nSPS) is 12.1. The SMILES string of the molecule is CC(C)(O)Cn1ccc(S(N)(=O)=O)n1.CC(C)c1cc(F)cc(C(C)C)c1NC(=O)NS(=O)(=O)c1ccn(CC(C)(C)O)n1.CC(C)c1cc(F)cc(C(C)C)c1OC#N. The molecule has 332 valence electrons. The smallest absolute Gasteiger partial charge is 0.333 e. The molecule has 0 fully saturated rings. The van der Waals surface area contributed by atoms with E-state index in [1.165, 1.54) is 58.2 Å². The van der Waals surface area contributed by atoms with Crippen molar-refractivity contribution in [3.05, 3.63) is 82.7 Å². The number of halogens is 2. The Hall–Kier alpha value is -4.94. The molecular formula is C40H58F2N8O8S2. The number of aromatic nitrogens is 4. The predicted molar refractivity (Wildman–Crippen MR) is 223 cm³/mol. The molecule has 2 amide bonds. The summed E-state index contributed by atoms with van der Waals surface area (Å²) in [5, 5.41) is 42.4. The molecule has 20 heteroatoms. The van der Waals surface area contributed by atoms with E-state index in [1.807, 2.05) is 60.1 Å². The second kappa shape index (κ2) is 20.5. The molecule has 0 aliphatic heterocycles. The van der Waals surface area contributed by atoms with Crippen LogP contribution in [0.2, 0.25) is 0 Å². The van der Waals surface area contributed by atoms with Crippen molar-refractivity contribution in [1.29, 1.82) is 5.26 Å². The number of urea groups is 1. The number of carbonyl (C=O) groups is 1. The van der Waals surface area contributed by atoms with E-state index in [9.17, 15) is 40.6 Å². The standard InChI is InChI=1S/C20H29FN4O4S.C13H16FNO.C7H13N3O3S/c1-12(2)15-9-14(21)10-16(13(3)4)18(15)22-19(26)24-30(28,29)17-7-8-25(23-17)11-20(5,6)27;1-8(2)11-5-10(14)6-12(9(3)4)13(11)16-7-15;1-7(2,11)5-10-4-3-6(9-10)14(8,12)13/h7-10,12-13,27H,11H2,1-6H3,(H2,22,24,26);5-6,8-9H,1-4H3;3-4,11H,5H2,1-2H3,(H2,8,12,13). The highest BCUT2D eigenvalue weighted by Crippen LogP contribution is 2.36. The van der Waals surface area contributed by atoms with E-state index in [0.717, 1.165) is 11.1 Å². The maximum atomic E-state index is 14.0. The summed E-state index contributed by atoms with van der Waals surface area (Å²) in [6, 6.07) is 7.09. The number of amides is 2. The third-order valence-electron chi connectivity index (χ3n) is 8.27. The van der Waals surface area contributed by atoms with Crippen LogP contribution in [0.4, 0.5) is 19.3 Å². The summed E-state index contributed by atoms with van der Waals surface area (Å²) in [7, 11) is -7.99. The highest BCUT2D eigenvalue weighted by atomic mass is 32.2. The maximum Gasteiger partial charge on any atom is 0.333 e. The summed E-state index contributed by atoms with van der Waals surface area (Å²) in [5.41, 5.74) is 0.987. The molecule has 0 saturated heterocycles. The number of nitrogens with zero attached hydrogens (tertiary/aromatic N) is 5. The first-order valence-corrected chi connectivity index (χ1v) is 22.0. The van der Waals surface area contributed by atoms with Crippen LogP contribution >= 0.6 is 0 Å². The number of primary sulfonamides is 1. The Balaban J connectivity index is 0.000000346. The van der Waals surface area contributed by atoms with Gasteiger partial charge in [-0.25, -0.2) is 31.9 Å². The lowest BCUT2D eigenvalue weighted by molar-refractivity contribution is 0.0567. The summed E-state index contributed by atoms with van der Waals surface area (Å²) in [6.45, 7) is 21.8. The number of rotatable bonds is 13. The fraction of sp³-hybridized carbons (Fsp3) is 0.500. The minimum absolute atomic E-state index is 0.0831. The quantitative estimate of drug-likeness (QED) is 0.0876. The van der Waals surface area contributed by atoms with Crippen molar-refractivity contribution in [1.82, 2.24) is 24.3 Å². The van der Waals surface area contributed by atoms with Gasteiger partial charge in [-0.05, 0) is 98.9 Å². The van der Waals surface area contributed by atoms with Gasteiger partial charge in [0, 0.05) is 29.2 Å². The molecule has 2 heterocycles. The highest BCUT2D eigenvalue weighted by Gasteiger charge is 2.25. The summed E-state index contributed by atoms with van der Waals surface area (Å²) >= 11 is 0. The van der Waals surface area contributed by atoms with Gasteiger partial charge in [0.25, 0.3) is 26.3 Å². The topological polar surface area (TPSA) is 245 Å². The lowest BCUT2D eigenvalue weighted by atomic mass is 9.92. The Bertz CT molecular complexity index is 2300. The number of hydrogen-bond donors (Lipinski definition) is 5. The van der Waals surface area contributed by atoms with E-state index < -0.39 is 43.1 Å². The van der Waals surface area contributed by atoms with Crippen molar-refractivity contribution >= 4 is 31.8 Å². The first-order chi connectivity index (χ1) is 27.3. The summed E-state index contributed by atoms with van der Waals surface area (Å²) in [5.74, 6) is -0.136. The zero-order valence-electron chi connectivity index (χ0n) is 36.1. The van der Waals surface area contributed by atoms with Crippen LogP contribution in [0.5, 0.6) is 5.75 Å². The minimum Gasteiger partial charge on any atom is -0.389 e. The number of ether oxygens (including phenoxy) is 1. The Morgan fingerprint density at radius 2 is 1.13 bits per heavy atom. The van der Waals surface area contributed by atoms with Gasteiger partial charge in [-0.15, -0.1) is 5.26 Å². The number of anilines is 1. The van der Waals surface area contributed by atoms with Crippen molar-refractivity contribution in [2.24, 2.45) is 5.14 Å². The number of hydrogen-bond acceptors (Lipinski definition) is 11. The lowest BCUT2D eigenvalue weighted by Gasteiger charge is -2.20. The summed E-state index contributed by atoms with van der Waals surface area (Å²) in [6.07, 6.45) is 4.53. The lowest BCUT2D eigenvalue weighted by Crippen LogP contribution is -2.35. The Labute approximate surface area is 351 Å². The molecular weight excluding hydrogens is 823 g/mol. The van der Waals surface area contributed by atoms with Gasteiger partial charge >= 0.3 is 6.03 Å². The van der Waals surface area contributed by atoms with Gasteiger partial charge in [-0.1, -0.05) is 55.4 Å². The van der Waals surface area contributed by atoms with Crippen molar-refractivity contribution in [2.75, 3.05) is 5.32 Å². The second-order valence-electron chi connectivity index (χ2n) is 16.6. The van der Waals surface area contributed by atoms with Gasteiger partial charge in [0.2, 0.25) is 0 Å². The zero-order chi connectivity index (χ0) is 46.1. The molecule has 2 aromatic heterocycles. The van der Waals surface area contributed by atoms with E-state index >= 15 is 0 Å². The van der Waals surface area contributed by atoms with Crippen LogP contribution in [0, 0.1) is 23.2 Å². The van der Waals surface area contributed by atoms with Crippen LogP contribution in [0.15, 0.2) is 58.8 Å². The molecule has 0 radical (unpaired) electrons. The van der Waals surface area contributed by atoms with Crippen LogP contribution < -0.4 is 19.9 Å². The van der Waals surface area contributed by atoms with Crippen LogP contribution in [-0.2, 0) is 33.1 Å². The Kier molecular flexibility index (Phi) is 17.5. The molecule has 16 nitrogen and oxygen atoms in total. The van der Waals surface area contributed by atoms with Gasteiger partial charge in [-0.3, -0.25) is 9.36 Å². The van der Waals surface area contributed by atoms with Gasteiger partial charge in [-0.2, -0.15) is 18.6 Å². The molecule has 2 aromatic carbocycles. The van der Waals surface area contributed by atoms with Crippen LogP contribution in [0.3, 0.4) is 0 Å². The van der Waals surface area contributed by atoms with E-state index in [0.29, 0.717) is 22.6 Å². The van der Waals surface area contributed by atoms with Gasteiger partial charge < -0.3 is 20.3 Å². The molecule has 0 atom stereocenters. The fourth-order valence-corrected chi connectivity index (χ4v) is 6.95. The maximum absolute atomic E-state index is 14.0. The number of carbonyl (C=O) groups excluding carboxylic acids is 1. The number of aliphatic hydroxyl groups is 2. The minimum atomic E-state index is -4.24. The monoisotopic (exact) mass is 880 g/mol. The van der Waals surface area contributed by atoms with Gasteiger partial charge in [0.15, 0.2) is 10.1 Å². The summed E-state index contributed by atoms with van der Waals surface area (Å²) < 4.78 is 83.8. The third kappa shape index (κ3) is 15.9. The molecule has 0 bridgehead atoms. The number of nitriles is 1. The van der Waals surface area contributed by atoms with Gasteiger partial charge in [0.1, 0.15) is 17.4 Å². The van der Waals surface area contributed by atoms with Crippen LogP contribution in [0.25, 0.3) is 0 Å². The molecule has 6 N–H and O–H groups in total. The molecule has 4 aromatic rings. The van der Waals surface area contributed by atoms with Gasteiger partial charge in [0.05, 0.1) is 24.3 Å². The molecule has 4 rings (SSSR count). The Morgan fingerprint density at radius 1 is 0.767 bits per heavy atom. The van der Waals surface area contributed by atoms with E-state index in [1.54, 1.807) is 34.0 Å². The average Bonchev–Trinajstić information content (AvgIpc) is 3.75. The molecule has 0 saturated carbocycles. The second-order valence-corrected chi connectivity index (χ2v) is 19.8.